The Morgan fingerprint density at radius 1 is 1.00 bits per heavy atom. The van der Waals surface area contributed by atoms with E-state index in [1.54, 1.807) is 12.1 Å². The van der Waals surface area contributed by atoms with E-state index in [1.165, 1.54) is 11.6 Å². The summed E-state index contributed by atoms with van der Waals surface area (Å²) >= 11 is 0. The molecule has 5 rings (SSSR count). The lowest BCUT2D eigenvalue weighted by Crippen LogP contribution is -2.20. The fraction of sp³-hybridized carbons (Fsp3) is 0.414. The predicted molar refractivity (Wildman–Crippen MR) is 135 cm³/mol. The average Bonchev–Trinajstić information content (AvgIpc) is 3.34. The van der Waals surface area contributed by atoms with Crippen molar-refractivity contribution in [2.24, 2.45) is 5.92 Å². The molecule has 0 amide bonds. The second-order valence-corrected chi connectivity index (χ2v) is 9.82. The molecule has 6 heteroatoms. The topological polar surface area (TPSA) is 61.0 Å². The van der Waals surface area contributed by atoms with Crippen molar-refractivity contribution in [3.63, 3.8) is 0 Å². The molecule has 2 heterocycles. The molecular weight excluding hydrogens is 441 g/mol. The van der Waals surface area contributed by atoms with E-state index >= 15 is 0 Å². The monoisotopic (exact) mass is 473 g/mol. The summed E-state index contributed by atoms with van der Waals surface area (Å²) in [5, 5.41) is 9.72. The van der Waals surface area contributed by atoms with Gasteiger partial charge in [-0.25, -0.2) is 4.39 Å². The molecule has 0 bridgehead atoms. The molecule has 1 aliphatic carbocycles. The standard InChI is InChI=1S/C29H32FN3O2/c1-4-24(29-33-32-28(35-29)21-9-12-23(13-10-21)34-18(2)3)19-5-7-20(8-6-19)25-15-16-31-27-14-11-22(30)17-26(25)27/h9-20,24H,4-8H2,1-3H3. The highest BCUT2D eigenvalue weighted by atomic mass is 19.1. The van der Waals surface area contributed by atoms with Gasteiger partial charge in [0.1, 0.15) is 11.6 Å². The summed E-state index contributed by atoms with van der Waals surface area (Å²) in [6.07, 6.45) is 7.24. The molecule has 1 aliphatic rings. The van der Waals surface area contributed by atoms with Gasteiger partial charge in [-0.2, -0.15) is 0 Å². The van der Waals surface area contributed by atoms with Gasteiger partial charge in [0, 0.05) is 23.1 Å². The number of pyridine rings is 1. The number of rotatable bonds is 7. The number of hydrogen-bond donors (Lipinski definition) is 0. The molecule has 1 fully saturated rings. The van der Waals surface area contributed by atoms with E-state index in [0.29, 0.717) is 17.7 Å². The number of benzene rings is 2. The Morgan fingerprint density at radius 2 is 1.77 bits per heavy atom. The van der Waals surface area contributed by atoms with Gasteiger partial charge in [0.2, 0.25) is 11.8 Å². The van der Waals surface area contributed by atoms with Gasteiger partial charge >= 0.3 is 0 Å². The zero-order valence-corrected chi connectivity index (χ0v) is 20.6. The number of nitrogens with zero attached hydrogens (tertiary/aromatic N) is 3. The van der Waals surface area contributed by atoms with Crippen LogP contribution < -0.4 is 4.74 Å². The molecule has 0 saturated heterocycles. The number of halogens is 1. The first kappa shape index (κ1) is 23.5. The first-order chi connectivity index (χ1) is 17.0. The average molecular weight is 474 g/mol. The Hall–Kier alpha value is -3.28. The maximum Gasteiger partial charge on any atom is 0.247 e. The molecule has 1 atom stereocenters. The van der Waals surface area contributed by atoms with Crippen LogP contribution in [0.1, 0.15) is 76.2 Å². The lowest BCUT2D eigenvalue weighted by atomic mass is 9.72. The number of hydrogen-bond acceptors (Lipinski definition) is 5. The number of aromatic nitrogens is 3. The summed E-state index contributed by atoms with van der Waals surface area (Å²) in [6.45, 7) is 6.21. The summed E-state index contributed by atoms with van der Waals surface area (Å²) < 4.78 is 25.8. The molecule has 5 nitrogen and oxygen atoms in total. The van der Waals surface area contributed by atoms with E-state index in [0.717, 1.165) is 60.2 Å². The maximum absolute atomic E-state index is 13.9. The molecule has 0 aliphatic heterocycles. The minimum Gasteiger partial charge on any atom is -0.491 e. The molecule has 1 unspecified atom stereocenters. The maximum atomic E-state index is 13.9. The van der Waals surface area contributed by atoms with Crippen LogP contribution in [-0.2, 0) is 0 Å². The largest absolute Gasteiger partial charge is 0.491 e. The lowest BCUT2D eigenvalue weighted by Gasteiger charge is -2.32. The zero-order chi connectivity index (χ0) is 24.4. The second kappa shape index (κ2) is 10.1. The SMILES string of the molecule is CCC(c1nnc(-c2ccc(OC(C)C)cc2)o1)C1CCC(c2ccnc3ccc(F)cc23)CC1. The van der Waals surface area contributed by atoms with Crippen LogP contribution in [0.3, 0.4) is 0 Å². The first-order valence-electron chi connectivity index (χ1n) is 12.7. The Kier molecular flexibility index (Phi) is 6.80. The molecule has 0 spiro atoms. The Bertz CT molecular complexity index is 1280. The van der Waals surface area contributed by atoms with Gasteiger partial charge in [-0.3, -0.25) is 4.98 Å². The molecular formula is C29H32FN3O2. The van der Waals surface area contributed by atoms with Crippen LogP contribution in [0.25, 0.3) is 22.4 Å². The highest BCUT2D eigenvalue weighted by Gasteiger charge is 2.32. The third-order valence-electron chi connectivity index (χ3n) is 7.19. The molecule has 182 valence electrons. The van der Waals surface area contributed by atoms with Crippen LogP contribution in [0, 0.1) is 11.7 Å². The predicted octanol–water partition coefficient (Wildman–Crippen LogP) is 7.68. The highest BCUT2D eigenvalue weighted by molar-refractivity contribution is 5.82. The van der Waals surface area contributed by atoms with Gasteiger partial charge in [0.05, 0.1) is 11.6 Å². The fourth-order valence-electron chi connectivity index (χ4n) is 5.49. The first-order valence-corrected chi connectivity index (χ1v) is 12.7. The van der Waals surface area contributed by atoms with Gasteiger partial charge < -0.3 is 9.15 Å². The molecule has 0 N–H and O–H groups in total. The van der Waals surface area contributed by atoms with Crippen LogP contribution in [0.15, 0.2) is 59.1 Å². The van der Waals surface area contributed by atoms with Crippen LogP contribution in [0.5, 0.6) is 5.75 Å². The van der Waals surface area contributed by atoms with E-state index in [1.807, 2.05) is 44.3 Å². The molecule has 2 aromatic heterocycles. The van der Waals surface area contributed by atoms with Crippen molar-refractivity contribution in [2.45, 2.75) is 70.8 Å². The van der Waals surface area contributed by atoms with Crippen LogP contribution in [-0.4, -0.2) is 21.3 Å². The highest BCUT2D eigenvalue weighted by Crippen LogP contribution is 2.44. The molecule has 2 aromatic carbocycles. The normalized spacial score (nSPS) is 19.2. The van der Waals surface area contributed by atoms with Gasteiger partial charge in [0.25, 0.3) is 0 Å². The van der Waals surface area contributed by atoms with Gasteiger partial charge in [-0.05, 0) is 112 Å². The number of ether oxygens (including phenoxy) is 1. The minimum absolute atomic E-state index is 0.134. The van der Waals surface area contributed by atoms with Gasteiger partial charge in [-0.1, -0.05) is 6.92 Å². The molecule has 0 radical (unpaired) electrons. The summed E-state index contributed by atoms with van der Waals surface area (Å²) in [6, 6.07) is 14.7. The molecule has 4 aromatic rings. The van der Waals surface area contributed by atoms with Gasteiger partial charge in [-0.15, -0.1) is 10.2 Å². The van der Waals surface area contributed by atoms with Crippen LogP contribution in [0.4, 0.5) is 4.39 Å². The Balaban J connectivity index is 1.28. The number of fused-ring (bicyclic) bond motifs is 1. The van der Waals surface area contributed by atoms with Crippen molar-refractivity contribution in [1.82, 2.24) is 15.2 Å². The van der Waals surface area contributed by atoms with Crippen molar-refractivity contribution in [1.29, 1.82) is 0 Å². The third kappa shape index (κ3) is 5.07. The van der Waals surface area contributed by atoms with E-state index in [-0.39, 0.29) is 17.8 Å². The van der Waals surface area contributed by atoms with E-state index < -0.39 is 0 Å². The van der Waals surface area contributed by atoms with Crippen molar-refractivity contribution >= 4 is 10.9 Å². The van der Waals surface area contributed by atoms with E-state index in [9.17, 15) is 4.39 Å². The Labute approximate surface area is 205 Å². The molecule has 1 saturated carbocycles. The third-order valence-corrected chi connectivity index (χ3v) is 7.19. The smallest absolute Gasteiger partial charge is 0.247 e. The summed E-state index contributed by atoms with van der Waals surface area (Å²) in [4.78, 5) is 4.42. The van der Waals surface area contributed by atoms with Crippen LogP contribution in [0.2, 0.25) is 0 Å². The van der Waals surface area contributed by atoms with Crippen LogP contribution >= 0.6 is 0 Å². The fourth-order valence-corrected chi connectivity index (χ4v) is 5.49. The van der Waals surface area contributed by atoms with E-state index in [4.69, 9.17) is 9.15 Å². The lowest BCUT2D eigenvalue weighted by molar-refractivity contribution is 0.242. The Morgan fingerprint density at radius 3 is 2.49 bits per heavy atom. The second-order valence-electron chi connectivity index (χ2n) is 9.82. The van der Waals surface area contributed by atoms with E-state index in [2.05, 4.69) is 28.2 Å². The zero-order valence-electron chi connectivity index (χ0n) is 20.6. The van der Waals surface area contributed by atoms with Gasteiger partial charge in [0.15, 0.2) is 0 Å². The van der Waals surface area contributed by atoms with Crippen molar-refractivity contribution in [3.8, 4) is 17.2 Å². The summed E-state index contributed by atoms with van der Waals surface area (Å²) in [5.41, 5.74) is 2.97. The summed E-state index contributed by atoms with van der Waals surface area (Å²) in [5.74, 6) is 3.06. The van der Waals surface area contributed by atoms with Crippen molar-refractivity contribution in [2.75, 3.05) is 0 Å². The minimum atomic E-state index is -0.208. The molecule has 35 heavy (non-hydrogen) atoms. The van der Waals surface area contributed by atoms with Crippen molar-refractivity contribution in [3.05, 3.63) is 72.0 Å². The van der Waals surface area contributed by atoms with Crippen molar-refractivity contribution < 1.29 is 13.5 Å². The quantitative estimate of drug-likeness (QED) is 0.275. The summed E-state index contributed by atoms with van der Waals surface area (Å²) in [7, 11) is 0.